The third-order valence-electron chi connectivity index (χ3n) is 5.53. The van der Waals surface area contributed by atoms with Crippen molar-refractivity contribution < 1.29 is 38.1 Å². The number of carbonyl (C=O) groups is 1. The molecular weight excluding hydrogens is 493 g/mol. The molecule has 1 aromatic carbocycles. The molecule has 13 nitrogen and oxygen atoms in total. The predicted octanol–water partition coefficient (Wildman–Crippen LogP) is 1.22. The summed E-state index contributed by atoms with van der Waals surface area (Å²) in [6.45, 7) is 2.81. The number of para-hydroxylation sites is 1. The van der Waals surface area contributed by atoms with E-state index in [1.807, 2.05) is 0 Å². The number of benzene rings is 1. The standard InChI is InChI=1S/C22H28N5O8P/c1-3-32-22(30)13(2)26-36(31,35-14-7-5-4-6-8-14)33-11-17-18(28)19(29)20(34-17)15-9-10-16-21(23)24-12-25-27(15)16/h4-10,12-13,17-20,28-29H,3,11H2,1-2H3,(H,26,31)(H2,23,24,25)/t13-,17+,18+,19+,20-,36?/m0/s1. The van der Waals surface area contributed by atoms with Crippen LogP contribution in [0.15, 0.2) is 48.8 Å². The first-order chi connectivity index (χ1) is 17.2. The topological polar surface area (TPSA) is 180 Å². The van der Waals surface area contributed by atoms with E-state index in [0.717, 1.165) is 0 Å². The summed E-state index contributed by atoms with van der Waals surface area (Å²) in [7, 11) is -4.17. The lowest BCUT2D eigenvalue weighted by molar-refractivity contribution is -0.144. The van der Waals surface area contributed by atoms with Gasteiger partial charge in [-0.3, -0.25) is 9.32 Å². The molecule has 1 aliphatic heterocycles. The molecule has 0 bridgehead atoms. The van der Waals surface area contributed by atoms with E-state index < -0.39 is 50.8 Å². The van der Waals surface area contributed by atoms with Gasteiger partial charge in [-0.1, -0.05) is 18.2 Å². The summed E-state index contributed by atoms with van der Waals surface area (Å²) in [6.07, 6.45) is -3.52. The van der Waals surface area contributed by atoms with Crippen LogP contribution in [0, 0.1) is 0 Å². The van der Waals surface area contributed by atoms with Crippen LogP contribution in [-0.4, -0.2) is 68.3 Å². The Balaban J connectivity index is 1.50. The average molecular weight is 521 g/mol. The molecule has 1 unspecified atom stereocenters. The number of fused-ring (bicyclic) bond motifs is 1. The second-order valence-electron chi connectivity index (χ2n) is 8.08. The molecule has 6 atom stereocenters. The van der Waals surface area contributed by atoms with Crippen LogP contribution in [-0.2, 0) is 23.4 Å². The molecule has 0 spiro atoms. The van der Waals surface area contributed by atoms with Crippen LogP contribution in [0.3, 0.4) is 0 Å². The Morgan fingerprint density at radius 3 is 2.72 bits per heavy atom. The van der Waals surface area contributed by atoms with Crippen molar-refractivity contribution >= 4 is 25.1 Å². The van der Waals surface area contributed by atoms with E-state index in [9.17, 15) is 19.6 Å². The van der Waals surface area contributed by atoms with Crippen molar-refractivity contribution in [2.75, 3.05) is 18.9 Å². The van der Waals surface area contributed by atoms with Gasteiger partial charge in [-0.05, 0) is 38.1 Å². The highest BCUT2D eigenvalue weighted by atomic mass is 31.2. The van der Waals surface area contributed by atoms with Gasteiger partial charge in [0.1, 0.15) is 48.1 Å². The van der Waals surface area contributed by atoms with Gasteiger partial charge in [0, 0.05) is 0 Å². The number of rotatable bonds is 10. The number of hydrogen-bond acceptors (Lipinski definition) is 11. The lowest BCUT2D eigenvalue weighted by Crippen LogP contribution is -2.37. The fraction of sp³-hybridized carbons (Fsp3) is 0.409. The van der Waals surface area contributed by atoms with Gasteiger partial charge in [0.2, 0.25) is 0 Å². The summed E-state index contributed by atoms with van der Waals surface area (Å²) in [5.41, 5.74) is 6.81. The predicted molar refractivity (Wildman–Crippen MR) is 127 cm³/mol. The second-order valence-corrected chi connectivity index (χ2v) is 9.77. The summed E-state index contributed by atoms with van der Waals surface area (Å²) in [5, 5.41) is 28.0. The second kappa shape index (κ2) is 10.9. The Morgan fingerprint density at radius 1 is 1.25 bits per heavy atom. The smallest absolute Gasteiger partial charge is 0.459 e. The minimum atomic E-state index is -4.17. The minimum absolute atomic E-state index is 0.141. The quantitative estimate of drug-likeness (QED) is 0.222. The largest absolute Gasteiger partial charge is 0.465 e. The maximum Gasteiger partial charge on any atom is 0.459 e. The Labute approximate surface area is 206 Å². The van der Waals surface area contributed by atoms with Gasteiger partial charge in [0.05, 0.1) is 18.9 Å². The van der Waals surface area contributed by atoms with Gasteiger partial charge in [0.25, 0.3) is 0 Å². The maximum atomic E-state index is 13.6. The van der Waals surface area contributed by atoms with Crippen molar-refractivity contribution in [2.45, 2.75) is 44.3 Å². The monoisotopic (exact) mass is 521 g/mol. The summed E-state index contributed by atoms with van der Waals surface area (Å²) in [6, 6.07) is 10.5. The number of aliphatic hydroxyl groups excluding tert-OH is 2. The third kappa shape index (κ3) is 5.51. The van der Waals surface area contributed by atoms with Crippen molar-refractivity contribution in [1.82, 2.24) is 19.7 Å². The van der Waals surface area contributed by atoms with Crippen molar-refractivity contribution in [2.24, 2.45) is 0 Å². The number of nitrogens with zero attached hydrogens (tertiary/aromatic N) is 3. The molecule has 0 aliphatic carbocycles. The SMILES string of the molecule is CCOC(=O)[C@H](C)NP(=O)(OC[C@H]1O[C@@H](c2ccc3c(N)ncnn23)[C@H](O)[C@@H]1O)Oc1ccccc1. The van der Waals surface area contributed by atoms with Gasteiger partial charge in [-0.2, -0.15) is 10.2 Å². The van der Waals surface area contributed by atoms with E-state index >= 15 is 0 Å². The first kappa shape index (κ1) is 26.0. The number of hydrogen-bond donors (Lipinski definition) is 4. The molecule has 3 heterocycles. The zero-order valence-corrected chi connectivity index (χ0v) is 20.5. The molecule has 2 aromatic heterocycles. The highest BCUT2D eigenvalue weighted by Gasteiger charge is 2.46. The molecule has 14 heteroatoms. The Morgan fingerprint density at radius 2 is 2.00 bits per heavy atom. The van der Waals surface area contributed by atoms with Crippen molar-refractivity contribution in [3.05, 3.63) is 54.5 Å². The number of aliphatic hydroxyl groups is 2. The van der Waals surface area contributed by atoms with E-state index in [-0.39, 0.29) is 18.2 Å². The highest BCUT2D eigenvalue weighted by Crippen LogP contribution is 2.46. The first-order valence-electron chi connectivity index (χ1n) is 11.3. The fourth-order valence-electron chi connectivity index (χ4n) is 3.76. The number of nitrogen functional groups attached to an aromatic ring is 1. The van der Waals surface area contributed by atoms with Crippen molar-refractivity contribution in [3.63, 3.8) is 0 Å². The zero-order valence-electron chi connectivity index (χ0n) is 19.6. The first-order valence-corrected chi connectivity index (χ1v) is 12.8. The van der Waals surface area contributed by atoms with Crippen LogP contribution in [0.5, 0.6) is 5.75 Å². The van der Waals surface area contributed by atoms with E-state index in [1.165, 1.54) is 17.8 Å². The van der Waals surface area contributed by atoms with E-state index in [1.54, 1.807) is 49.4 Å². The van der Waals surface area contributed by atoms with E-state index in [0.29, 0.717) is 11.2 Å². The van der Waals surface area contributed by atoms with Crippen LogP contribution >= 0.6 is 7.75 Å². The summed E-state index contributed by atoms with van der Waals surface area (Å²) in [5.74, 6) is -0.177. The van der Waals surface area contributed by atoms with Crippen LogP contribution in [0.2, 0.25) is 0 Å². The molecule has 0 radical (unpaired) electrons. The highest BCUT2D eigenvalue weighted by molar-refractivity contribution is 7.52. The van der Waals surface area contributed by atoms with Crippen molar-refractivity contribution in [1.29, 1.82) is 0 Å². The van der Waals surface area contributed by atoms with E-state index in [4.69, 9.17) is 24.3 Å². The molecule has 194 valence electrons. The number of anilines is 1. The number of nitrogens with two attached hydrogens (primary N) is 1. The molecule has 1 saturated heterocycles. The number of esters is 1. The molecule has 3 aromatic rings. The normalized spacial score (nSPS) is 24.3. The van der Waals surface area contributed by atoms with Gasteiger partial charge >= 0.3 is 13.7 Å². The molecule has 36 heavy (non-hydrogen) atoms. The van der Waals surface area contributed by atoms with Crippen LogP contribution in [0.4, 0.5) is 5.82 Å². The fourth-order valence-corrected chi connectivity index (χ4v) is 5.26. The summed E-state index contributed by atoms with van der Waals surface area (Å²) < 4.78 is 37.0. The summed E-state index contributed by atoms with van der Waals surface area (Å²) in [4.78, 5) is 16.0. The summed E-state index contributed by atoms with van der Waals surface area (Å²) >= 11 is 0. The Hall–Kier alpha value is -3.06. The van der Waals surface area contributed by atoms with Crippen LogP contribution < -0.4 is 15.3 Å². The van der Waals surface area contributed by atoms with Crippen molar-refractivity contribution in [3.8, 4) is 5.75 Å². The molecule has 1 fully saturated rings. The van der Waals surface area contributed by atoms with Gasteiger partial charge in [-0.15, -0.1) is 0 Å². The molecule has 0 saturated carbocycles. The average Bonchev–Trinajstić information content (AvgIpc) is 3.40. The molecule has 4 rings (SSSR count). The third-order valence-corrected chi connectivity index (χ3v) is 7.18. The molecular formula is C22H28N5O8P. The van der Waals surface area contributed by atoms with Gasteiger partial charge in [0.15, 0.2) is 5.82 Å². The van der Waals surface area contributed by atoms with Gasteiger partial charge < -0.3 is 29.9 Å². The van der Waals surface area contributed by atoms with Crippen LogP contribution in [0.25, 0.3) is 5.52 Å². The number of ether oxygens (including phenoxy) is 2. The van der Waals surface area contributed by atoms with Crippen LogP contribution in [0.1, 0.15) is 25.6 Å². The van der Waals surface area contributed by atoms with E-state index in [2.05, 4.69) is 15.2 Å². The number of aromatic nitrogens is 3. The number of carbonyl (C=O) groups excluding carboxylic acids is 1. The zero-order chi connectivity index (χ0) is 25.9. The lowest BCUT2D eigenvalue weighted by atomic mass is 10.1. The molecule has 5 N–H and O–H groups in total. The Kier molecular flexibility index (Phi) is 7.88. The lowest BCUT2D eigenvalue weighted by Gasteiger charge is -2.24. The minimum Gasteiger partial charge on any atom is -0.465 e. The number of nitrogens with one attached hydrogen (secondary N) is 1. The molecule has 1 aliphatic rings. The van der Waals surface area contributed by atoms with Gasteiger partial charge in [-0.25, -0.2) is 14.1 Å². The maximum absolute atomic E-state index is 13.6. The molecule has 0 amide bonds. The Bertz CT molecular complexity index is 1240.